The van der Waals surface area contributed by atoms with Crippen LogP contribution in [0.3, 0.4) is 0 Å². The fraction of sp³-hybridized carbons (Fsp3) is 0. The van der Waals surface area contributed by atoms with Gasteiger partial charge in [0.05, 0.1) is 0 Å². The molecule has 0 saturated heterocycles. The zero-order valence-electron chi connectivity index (χ0n) is 27.9. The predicted molar refractivity (Wildman–Crippen MR) is 219 cm³/mol. The lowest BCUT2D eigenvalue weighted by Gasteiger charge is -2.21. The van der Waals surface area contributed by atoms with Crippen LogP contribution in [-0.2, 0) is 0 Å². The molecule has 0 aliphatic rings. The molecular weight excluding hydrogens is 636 g/mol. The highest BCUT2D eigenvalue weighted by Gasteiger charge is 2.21. The molecule has 0 aromatic heterocycles. The van der Waals surface area contributed by atoms with Crippen molar-refractivity contribution in [1.82, 2.24) is 0 Å². The molecule has 0 aliphatic heterocycles. The van der Waals surface area contributed by atoms with Crippen molar-refractivity contribution in [3.8, 4) is 66.8 Å². The Kier molecular flexibility index (Phi) is 8.01. The minimum absolute atomic E-state index is 0.722. The van der Waals surface area contributed by atoms with E-state index >= 15 is 0 Å². The maximum atomic E-state index is 6.85. The second-order valence-electron chi connectivity index (χ2n) is 13.0. The normalized spacial score (nSPS) is 11.2. The summed E-state index contributed by atoms with van der Waals surface area (Å²) < 4.78 is 0. The number of hydrogen-bond acceptors (Lipinski definition) is 0. The summed E-state index contributed by atoms with van der Waals surface area (Å²) in [5, 5.41) is 5.45. The lowest BCUT2D eigenvalue weighted by molar-refractivity contribution is 1.58. The van der Waals surface area contributed by atoms with Gasteiger partial charge in [-0.3, -0.25) is 0 Å². The Hall–Kier alpha value is -6.21. The average Bonchev–Trinajstić information content (AvgIpc) is 3.21. The molecule has 240 valence electrons. The van der Waals surface area contributed by atoms with Gasteiger partial charge in [-0.2, -0.15) is 0 Å². The van der Waals surface area contributed by atoms with Crippen LogP contribution in [0.25, 0.3) is 88.3 Å². The molecule has 0 N–H and O–H groups in total. The van der Waals surface area contributed by atoms with Crippen LogP contribution in [0.1, 0.15) is 0 Å². The summed E-state index contributed by atoms with van der Waals surface area (Å²) in [5.74, 6) is 0. The van der Waals surface area contributed by atoms with Gasteiger partial charge in [-0.1, -0.05) is 200 Å². The SMILES string of the molecule is Clc1ccc2c(-c3ccccc3-c3ccc(-c4ccccc4)cc3)c3ccccc3c(-c3ccccc3-c3ccc(-c4ccccc4)cc3)c2c1. The molecule has 51 heavy (non-hydrogen) atoms. The van der Waals surface area contributed by atoms with E-state index in [0.29, 0.717) is 0 Å². The summed E-state index contributed by atoms with van der Waals surface area (Å²) in [6.07, 6.45) is 0. The van der Waals surface area contributed by atoms with Gasteiger partial charge in [0.2, 0.25) is 0 Å². The Morgan fingerprint density at radius 1 is 0.235 bits per heavy atom. The molecule has 0 amide bonds. The number of halogens is 1. The van der Waals surface area contributed by atoms with E-state index in [2.05, 4.69) is 194 Å². The molecule has 1 heteroatoms. The number of rotatable bonds is 6. The van der Waals surface area contributed by atoms with Crippen LogP contribution < -0.4 is 0 Å². The maximum Gasteiger partial charge on any atom is 0.0412 e. The molecule has 0 nitrogen and oxygen atoms in total. The smallest absolute Gasteiger partial charge is 0.0412 e. The van der Waals surface area contributed by atoms with Gasteiger partial charge in [0.15, 0.2) is 0 Å². The lowest BCUT2D eigenvalue weighted by atomic mass is 9.82. The third kappa shape index (κ3) is 5.70. The van der Waals surface area contributed by atoms with Crippen LogP contribution in [0.2, 0.25) is 5.02 Å². The molecule has 9 aromatic carbocycles. The first-order valence-corrected chi connectivity index (χ1v) is 17.8. The number of hydrogen-bond donors (Lipinski definition) is 0. The second kappa shape index (κ2) is 13.2. The molecule has 0 aliphatic carbocycles. The van der Waals surface area contributed by atoms with E-state index in [1.165, 1.54) is 82.9 Å². The second-order valence-corrected chi connectivity index (χ2v) is 13.4. The van der Waals surface area contributed by atoms with Crippen LogP contribution in [-0.4, -0.2) is 0 Å². The zero-order chi connectivity index (χ0) is 34.1. The highest BCUT2D eigenvalue weighted by molar-refractivity contribution is 6.33. The molecule has 9 aromatic rings. The Morgan fingerprint density at radius 3 is 1.04 bits per heavy atom. The molecule has 0 unspecified atom stereocenters. The van der Waals surface area contributed by atoms with E-state index < -0.39 is 0 Å². The van der Waals surface area contributed by atoms with Gasteiger partial charge in [-0.15, -0.1) is 0 Å². The van der Waals surface area contributed by atoms with Gasteiger partial charge in [-0.25, -0.2) is 0 Å². The number of fused-ring (bicyclic) bond motifs is 2. The number of benzene rings is 9. The van der Waals surface area contributed by atoms with Crippen LogP contribution in [0.4, 0.5) is 0 Å². The van der Waals surface area contributed by atoms with Gasteiger partial charge < -0.3 is 0 Å². The molecule has 9 rings (SSSR count). The molecule has 0 spiro atoms. The van der Waals surface area contributed by atoms with Gasteiger partial charge in [-0.05, 0) is 100 Å². The zero-order valence-corrected chi connectivity index (χ0v) is 28.7. The molecule has 0 bridgehead atoms. The highest BCUT2D eigenvalue weighted by atomic mass is 35.5. The maximum absolute atomic E-state index is 6.85. The minimum Gasteiger partial charge on any atom is -0.0843 e. The third-order valence-corrected chi connectivity index (χ3v) is 10.2. The van der Waals surface area contributed by atoms with Crippen molar-refractivity contribution in [3.05, 3.63) is 205 Å². The summed E-state index contributed by atoms with van der Waals surface area (Å²) in [6.45, 7) is 0. The van der Waals surface area contributed by atoms with E-state index in [4.69, 9.17) is 11.6 Å². The topological polar surface area (TPSA) is 0 Å². The third-order valence-electron chi connectivity index (χ3n) is 9.98. The first-order chi connectivity index (χ1) is 25.2. The van der Waals surface area contributed by atoms with E-state index in [9.17, 15) is 0 Å². The van der Waals surface area contributed by atoms with Crippen molar-refractivity contribution in [3.63, 3.8) is 0 Å². The van der Waals surface area contributed by atoms with Gasteiger partial charge in [0, 0.05) is 5.02 Å². The molecular formula is C50H33Cl. The summed E-state index contributed by atoms with van der Waals surface area (Å²) in [6, 6.07) is 71.8. The molecule has 0 radical (unpaired) electrons. The average molecular weight is 669 g/mol. The van der Waals surface area contributed by atoms with Gasteiger partial charge in [0.25, 0.3) is 0 Å². The van der Waals surface area contributed by atoms with Crippen LogP contribution in [0, 0.1) is 0 Å². The van der Waals surface area contributed by atoms with Crippen molar-refractivity contribution in [1.29, 1.82) is 0 Å². The molecule has 0 atom stereocenters. The van der Waals surface area contributed by atoms with Crippen molar-refractivity contribution in [2.24, 2.45) is 0 Å². The van der Waals surface area contributed by atoms with Gasteiger partial charge in [0.1, 0.15) is 0 Å². The Labute approximate surface area is 303 Å². The summed E-state index contributed by atoms with van der Waals surface area (Å²) in [5.41, 5.74) is 14.4. The predicted octanol–water partition coefficient (Wildman–Crippen LogP) is 14.6. The minimum atomic E-state index is 0.722. The Morgan fingerprint density at radius 2 is 0.569 bits per heavy atom. The van der Waals surface area contributed by atoms with E-state index in [1.807, 2.05) is 6.07 Å². The van der Waals surface area contributed by atoms with Crippen molar-refractivity contribution in [2.75, 3.05) is 0 Å². The van der Waals surface area contributed by atoms with Crippen molar-refractivity contribution >= 4 is 33.1 Å². The quantitative estimate of drug-likeness (QED) is 0.155. The first-order valence-electron chi connectivity index (χ1n) is 17.4. The summed E-state index contributed by atoms with van der Waals surface area (Å²) in [4.78, 5) is 0. The van der Waals surface area contributed by atoms with Crippen molar-refractivity contribution < 1.29 is 0 Å². The summed E-state index contributed by atoms with van der Waals surface area (Å²) in [7, 11) is 0. The van der Waals surface area contributed by atoms with Crippen LogP contribution in [0.5, 0.6) is 0 Å². The monoisotopic (exact) mass is 668 g/mol. The molecule has 0 fully saturated rings. The highest BCUT2D eigenvalue weighted by Crippen LogP contribution is 2.48. The van der Waals surface area contributed by atoms with Crippen LogP contribution in [0.15, 0.2) is 200 Å². The van der Waals surface area contributed by atoms with Crippen LogP contribution >= 0.6 is 11.6 Å². The van der Waals surface area contributed by atoms with E-state index in [1.54, 1.807) is 0 Å². The Balaban J connectivity index is 1.25. The van der Waals surface area contributed by atoms with E-state index in [0.717, 1.165) is 10.4 Å². The van der Waals surface area contributed by atoms with Gasteiger partial charge >= 0.3 is 0 Å². The Bertz CT molecular complexity index is 2650. The fourth-order valence-corrected chi connectivity index (χ4v) is 7.75. The molecule has 0 saturated carbocycles. The largest absolute Gasteiger partial charge is 0.0843 e. The van der Waals surface area contributed by atoms with Crippen molar-refractivity contribution in [2.45, 2.75) is 0 Å². The fourth-order valence-electron chi connectivity index (χ4n) is 7.58. The molecule has 0 heterocycles. The lowest BCUT2D eigenvalue weighted by Crippen LogP contribution is -1.94. The standard InChI is InChI=1S/C50H33Cl/c51-40-31-32-47-48(33-40)50(44-20-10-8-18-42(44)39-29-25-37(26-30-39)35-15-5-2-6-16-35)46-22-12-11-21-45(46)49(47)43-19-9-7-17-41(43)38-27-23-36(24-28-38)34-13-3-1-4-14-34/h1-33H. The van der Waals surface area contributed by atoms with E-state index in [-0.39, 0.29) is 0 Å². The first kappa shape index (κ1) is 30.8. The summed E-state index contributed by atoms with van der Waals surface area (Å²) >= 11 is 6.85.